The molecule has 2 saturated heterocycles. The zero-order chi connectivity index (χ0) is 18.0. The fourth-order valence-corrected chi connectivity index (χ4v) is 3.39. The van der Waals surface area contributed by atoms with E-state index in [4.69, 9.17) is 25.8 Å². The molecule has 1 unspecified atom stereocenters. The minimum atomic E-state index is -0.535. The number of hydrogen-bond donors (Lipinski definition) is 0. The first-order valence-electron chi connectivity index (χ1n) is 8.79. The Balaban J connectivity index is 1.84. The maximum absolute atomic E-state index is 12.7. The average molecular weight is 368 g/mol. The zero-order valence-corrected chi connectivity index (χ0v) is 15.8. The molecule has 1 aromatic rings. The molecule has 2 heterocycles. The second kappa shape index (κ2) is 7.52. The number of carbonyl (C=O) groups excluding carboxylic acids is 1. The van der Waals surface area contributed by atoms with Crippen LogP contribution in [0.2, 0.25) is 5.02 Å². The number of ether oxygens (including phenoxy) is 3. The highest BCUT2D eigenvalue weighted by atomic mass is 35.5. The second-order valence-electron chi connectivity index (χ2n) is 7.63. The molecule has 2 fully saturated rings. The van der Waals surface area contributed by atoms with E-state index in [1.807, 2.05) is 32.9 Å². The largest absolute Gasteiger partial charge is 0.444 e. The van der Waals surface area contributed by atoms with Gasteiger partial charge in [0, 0.05) is 24.1 Å². The number of hydrogen-bond acceptors (Lipinski definition) is 4. The fraction of sp³-hybridized carbons (Fsp3) is 0.632. The van der Waals surface area contributed by atoms with Gasteiger partial charge in [-0.25, -0.2) is 4.79 Å². The normalized spacial score (nSPS) is 22.2. The van der Waals surface area contributed by atoms with E-state index in [1.165, 1.54) is 5.56 Å². The Morgan fingerprint density at radius 1 is 1.24 bits per heavy atom. The molecule has 0 N–H and O–H groups in total. The minimum Gasteiger partial charge on any atom is -0.444 e. The van der Waals surface area contributed by atoms with Crippen LogP contribution in [-0.2, 0) is 14.2 Å². The van der Waals surface area contributed by atoms with Gasteiger partial charge in [-0.1, -0.05) is 23.7 Å². The molecular formula is C19H26ClNO4. The lowest BCUT2D eigenvalue weighted by Crippen LogP contribution is -2.40. The van der Waals surface area contributed by atoms with E-state index < -0.39 is 5.60 Å². The van der Waals surface area contributed by atoms with Gasteiger partial charge in [-0.3, -0.25) is 4.90 Å². The highest BCUT2D eigenvalue weighted by Crippen LogP contribution is 2.34. The molecule has 3 rings (SSSR count). The molecule has 0 spiro atoms. The maximum Gasteiger partial charge on any atom is 0.410 e. The van der Waals surface area contributed by atoms with E-state index in [9.17, 15) is 4.79 Å². The fourth-order valence-electron chi connectivity index (χ4n) is 3.07. The van der Waals surface area contributed by atoms with Gasteiger partial charge in [0.15, 0.2) is 0 Å². The van der Waals surface area contributed by atoms with Crippen molar-refractivity contribution < 1.29 is 19.0 Å². The molecule has 5 nitrogen and oxygen atoms in total. The van der Waals surface area contributed by atoms with Crippen molar-refractivity contribution in [3.8, 4) is 0 Å². The molecular weight excluding hydrogens is 342 g/mol. The predicted octanol–water partition coefficient (Wildman–Crippen LogP) is 4.15. The van der Waals surface area contributed by atoms with E-state index in [2.05, 4.69) is 6.07 Å². The third-order valence-corrected chi connectivity index (χ3v) is 4.79. The van der Waals surface area contributed by atoms with Crippen molar-refractivity contribution in [2.75, 3.05) is 33.0 Å². The minimum absolute atomic E-state index is 0.239. The van der Waals surface area contributed by atoms with Crippen LogP contribution in [0.25, 0.3) is 0 Å². The molecule has 0 bridgehead atoms. The third kappa shape index (κ3) is 4.46. The summed E-state index contributed by atoms with van der Waals surface area (Å²) in [4.78, 5) is 14.4. The van der Waals surface area contributed by atoms with Crippen molar-refractivity contribution in [1.29, 1.82) is 0 Å². The monoisotopic (exact) mass is 367 g/mol. The van der Waals surface area contributed by atoms with Crippen LogP contribution in [-0.4, -0.2) is 49.6 Å². The van der Waals surface area contributed by atoms with Gasteiger partial charge < -0.3 is 14.2 Å². The summed E-state index contributed by atoms with van der Waals surface area (Å²) in [6.45, 7) is 8.74. The van der Waals surface area contributed by atoms with E-state index in [0.29, 0.717) is 30.7 Å². The maximum atomic E-state index is 12.7. The molecule has 2 aliphatic rings. The number of nitrogens with zero attached hydrogens (tertiary/aromatic N) is 1. The van der Waals surface area contributed by atoms with Gasteiger partial charge in [-0.15, -0.1) is 0 Å². The lowest BCUT2D eigenvalue weighted by Gasteiger charge is -2.33. The van der Waals surface area contributed by atoms with Gasteiger partial charge in [0.25, 0.3) is 0 Å². The van der Waals surface area contributed by atoms with Gasteiger partial charge >= 0.3 is 6.09 Å². The number of carbonyl (C=O) groups is 1. The number of benzene rings is 1. The number of rotatable bonds is 2. The average Bonchev–Trinajstić information content (AvgIpc) is 2.69. The van der Waals surface area contributed by atoms with E-state index >= 15 is 0 Å². The van der Waals surface area contributed by atoms with Gasteiger partial charge in [0.1, 0.15) is 5.60 Å². The quantitative estimate of drug-likeness (QED) is 0.787. The molecule has 0 radical (unpaired) electrons. The van der Waals surface area contributed by atoms with Crippen LogP contribution < -0.4 is 0 Å². The summed E-state index contributed by atoms with van der Waals surface area (Å²) < 4.78 is 16.5. The molecule has 0 aromatic heterocycles. The topological polar surface area (TPSA) is 48.0 Å². The van der Waals surface area contributed by atoms with Crippen LogP contribution in [0.5, 0.6) is 0 Å². The Morgan fingerprint density at radius 3 is 2.60 bits per heavy atom. The van der Waals surface area contributed by atoms with Crippen LogP contribution in [0, 0.1) is 0 Å². The van der Waals surface area contributed by atoms with Gasteiger partial charge in [0.2, 0.25) is 0 Å². The van der Waals surface area contributed by atoms with Crippen molar-refractivity contribution in [2.45, 2.75) is 44.8 Å². The lowest BCUT2D eigenvalue weighted by atomic mass is 9.95. The molecule has 1 aromatic carbocycles. The summed E-state index contributed by atoms with van der Waals surface area (Å²) in [7, 11) is 0. The number of halogens is 1. The van der Waals surface area contributed by atoms with Gasteiger partial charge in [-0.05, 0) is 44.4 Å². The predicted molar refractivity (Wildman–Crippen MR) is 96.1 cm³/mol. The highest BCUT2D eigenvalue weighted by Gasteiger charge is 2.32. The molecule has 0 aliphatic carbocycles. The van der Waals surface area contributed by atoms with Crippen molar-refractivity contribution in [3.63, 3.8) is 0 Å². The Bertz CT molecular complexity index is 624. The van der Waals surface area contributed by atoms with Crippen LogP contribution in [0.1, 0.15) is 50.3 Å². The van der Waals surface area contributed by atoms with Crippen molar-refractivity contribution >= 4 is 17.7 Å². The second-order valence-corrected chi connectivity index (χ2v) is 8.04. The third-order valence-electron chi connectivity index (χ3n) is 4.46. The van der Waals surface area contributed by atoms with Gasteiger partial charge in [-0.2, -0.15) is 0 Å². The first-order chi connectivity index (χ1) is 11.8. The molecule has 1 amide bonds. The molecule has 0 saturated carbocycles. The summed E-state index contributed by atoms with van der Waals surface area (Å²) in [5.74, 6) is 0.416. The molecule has 2 aliphatic heterocycles. The summed E-state index contributed by atoms with van der Waals surface area (Å²) in [6.07, 6.45) is 0.459. The molecule has 6 heteroatoms. The first-order valence-corrected chi connectivity index (χ1v) is 9.17. The van der Waals surface area contributed by atoms with Crippen LogP contribution in [0.4, 0.5) is 4.79 Å². The highest BCUT2D eigenvalue weighted by molar-refractivity contribution is 6.31. The molecule has 25 heavy (non-hydrogen) atoms. The first kappa shape index (κ1) is 18.5. The van der Waals surface area contributed by atoms with Crippen LogP contribution in [0.15, 0.2) is 18.2 Å². The summed E-state index contributed by atoms with van der Waals surface area (Å²) in [5, 5.41) is 0.661. The van der Waals surface area contributed by atoms with Gasteiger partial charge in [0.05, 0.1) is 25.9 Å². The summed E-state index contributed by atoms with van der Waals surface area (Å²) in [5.41, 5.74) is 1.55. The Hall–Kier alpha value is -1.30. The summed E-state index contributed by atoms with van der Waals surface area (Å²) >= 11 is 6.57. The van der Waals surface area contributed by atoms with E-state index in [1.54, 1.807) is 4.90 Å². The Labute approximate surface area is 154 Å². The standard InChI is InChI=1S/C19H26ClNO4/c1-19(2,3)25-18(22)21-7-4-8-23-12-17(21)15-6-5-13(9-16(15)20)14-10-24-11-14/h5-6,9,14,17H,4,7-8,10-12H2,1-3H3. The smallest absolute Gasteiger partial charge is 0.410 e. The van der Waals surface area contributed by atoms with Crippen LogP contribution >= 0.6 is 11.6 Å². The SMILES string of the molecule is CC(C)(C)OC(=O)N1CCCOCC1c1ccc(C2COC2)cc1Cl. The lowest BCUT2D eigenvalue weighted by molar-refractivity contribution is 0.00833. The van der Waals surface area contributed by atoms with Crippen molar-refractivity contribution in [1.82, 2.24) is 4.90 Å². The van der Waals surface area contributed by atoms with Crippen LogP contribution in [0.3, 0.4) is 0 Å². The van der Waals surface area contributed by atoms with Crippen molar-refractivity contribution in [3.05, 3.63) is 34.3 Å². The Kier molecular flexibility index (Phi) is 5.56. The Morgan fingerprint density at radius 2 is 2.00 bits per heavy atom. The van der Waals surface area contributed by atoms with Crippen molar-refractivity contribution in [2.24, 2.45) is 0 Å². The van der Waals surface area contributed by atoms with E-state index in [-0.39, 0.29) is 12.1 Å². The molecule has 1 atom stereocenters. The molecule has 138 valence electrons. The zero-order valence-electron chi connectivity index (χ0n) is 15.1. The number of amides is 1. The summed E-state index contributed by atoms with van der Waals surface area (Å²) in [6, 6.07) is 5.83. The van der Waals surface area contributed by atoms with E-state index in [0.717, 1.165) is 25.2 Å².